The normalized spacial score (nSPS) is 10.3. The topological polar surface area (TPSA) is 39.9 Å². The van der Waals surface area contributed by atoms with Crippen molar-refractivity contribution in [2.45, 2.75) is 19.9 Å². The summed E-state index contributed by atoms with van der Waals surface area (Å²) in [6, 6.07) is 4.22. The van der Waals surface area contributed by atoms with Crippen molar-refractivity contribution in [3.8, 4) is 6.07 Å². The highest BCUT2D eigenvalue weighted by Crippen LogP contribution is 2.11. The minimum atomic E-state index is 0.473. The summed E-state index contributed by atoms with van der Waals surface area (Å²) in [6.07, 6.45) is 4.66. The van der Waals surface area contributed by atoms with Gasteiger partial charge in [0.15, 0.2) is 0 Å². The Morgan fingerprint density at radius 1 is 1.53 bits per heavy atom. The second-order valence-corrected chi connectivity index (χ2v) is 4.30. The lowest BCUT2D eigenvalue weighted by atomic mass is 10.2. The molecule has 0 fully saturated rings. The van der Waals surface area contributed by atoms with Crippen LogP contribution in [0.25, 0.3) is 0 Å². The molecule has 1 aromatic heterocycles. The van der Waals surface area contributed by atoms with Crippen molar-refractivity contribution in [1.82, 2.24) is 9.88 Å². The molecule has 15 heavy (non-hydrogen) atoms. The van der Waals surface area contributed by atoms with Crippen LogP contribution >= 0.6 is 15.9 Å². The molecule has 0 spiro atoms. The van der Waals surface area contributed by atoms with E-state index in [9.17, 15) is 0 Å². The van der Waals surface area contributed by atoms with Crippen LogP contribution in [0.4, 0.5) is 0 Å². The third kappa shape index (κ3) is 4.41. The van der Waals surface area contributed by atoms with Gasteiger partial charge in [-0.05, 0) is 40.5 Å². The van der Waals surface area contributed by atoms with Crippen LogP contribution in [0.3, 0.4) is 0 Å². The van der Waals surface area contributed by atoms with E-state index in [0.29, 0.717) is 6.54 Å². The van der Waals surface area contributed by atoms with Crippen molar-refractivity contribution in [3.05, 3.63) is 28.5 Å². The summed E-state index contributed by atoms with van der Waals surface area (Å²) in [5.74, 6) is 0. The van der Waals surface area contributed by atoms with E-state index in [4.69, 9.17) is 5.26 Å². The lowest BCUT2D eigenvalue weighted by molar-refractivity contribution is 0.298. The standard InChI is InChI=1S/C11H14BrN3/c1-2-4-15(5-3-13)9-10-6-11(12)8-14-7-10/h6-8H,2,4-5,9H2,1H3. The van der Waals surface area contributed by atoms with Gasteiger partial charge in [-0.25, -0.2) is 0 Å². The molecule has 0 radical (unpaired) electrons. The van der Waals surface area contributed by atoms with Gasteiger partial charge in [-0.1, -0.05) is 6.92 Å². The Morgan fingerprint density at radius 2 is 2.33 bits per heavy atom. The van der Waals surface area contributed by atoms with E-state index < -0.39 is 0 Å². The predicted octanol–water partition coefficient (Wildman–Crippen LogP) is 2.58. The zero-order valence-corrected chi connectivity index (χ0v) is 10.4. The molecular formula is C11H14BrN3. The fourth-order valence-electron chi connectivity index (χ4n) is 1.43. The van der Waals surface area contributed by atoms with E-state index in [1.807, 2.05) is 12.3 Å². The summed E-state index contributed by atoms with van der Waals surface area (Å²) in [7, 11) is 0. The Bertz CT molecular complexity index is 346. The summed E-state index contributed by atoms with van der Waals surface area (Å²) >= 11 is 3.38. The van der Waals surface area contributed by atoms with Crippen LogP contribution in [-0.4, -0.2) is 23.0 Å². The Labute approximate surface area is 98.9 Å². The third-order valence-corrected chi connectivity index (χ3v) is 2.44. The van der Waals surface area contributed by atoms with Gasteiger partial charge in [0.05, 0.1) is 12.6 Å². The number of aromatic nitrogens is 1. The molecule has 0 saturated heterocycles. The molecule has 0 atom stereocenters. The molecule has 0 amide bonds. The third-order valence-electron chi connectivity index (χ3n) is 2.00. The molecule has 0 aromatic carbocycles. The predicted molar refractivity (Wildman–Crippen MR) is 63.1 cm³/mol. The number of nitrogens with zero attached hydrogens (tertiary/aromatic N) is 3. The maximum atomic E-state index is 8.68. The first-order valence-electron chi connectivity index (χ1n) is 4.95. The molecule has 1 rings (SSSR count). The fraction of sp³-hybridized carbons (Fsp3) is 0.455. The molecule has 3 nitrogen and oxygen atoms in total. The highest BCUT2D eigenvalue weighted by molar-refractivity contribution is 9.10. The first-order valence-corrected chi connectivity index (χ1v) is 5.74. The monoisotopic (exact) mass is 267 g/mol. The molecule has 0 N–H and O–H groups in total. The molecule has 0 aliphatic heterocycles. The second-order valence-electron chi connectivity index (χ2n) is 3.38. The van der Waals surface area contributed by atoms with E-state index in [-0.39, 0.29) is 0 Å². The van der Waals surface area contributed by atoms with Crippen LogP contribution in [0.5, 0.6) is 0 Å². The zero-order chi connectivity index (χ0) is 11.1. The van der Waals surface area contributed by atoms with Crippen LogP contribution in [0.1, 0.15) is 18.9 Å². The van der Waals surface area contributed by atoms with Crippen LogP contribution in [0.2, 0.25) is 0 Å². The van der Waals surface area contributed by atoms with Gasteiger partial charge in [-0.3, -0.25) is 9.88 Å². The molecule has 80 valence electrons. The molecule has 0 aliphatic rings. The Balaban J connectivity index is 2.61. The zero-order valence-electron chi connectivity index (χ0n) is 8.78. The first kappa shape index (κ1) is 12.2. The molecule has 1 heterocycles. The lowest BCUT2D eigenvalue weighted by Gasteiger charge is -2.17. The largest absolute Gasteiger partial charge is 0.286 e. The van der Waals surface area contributed by atoms with Crippen molar-refractivity contribution in [2.75, 3.05) is 13.1 Å². The first-order chi connectivity index (χ1) is 7.26. The molecule has 0 saturated carbocycles. The van der Waals surface area contributed by atoms with E-state index in [0.717, 1.165) is 29.5 Å². The summed E-state index contributed by atoms with van der Waals surface area (Å²) in [5.41, 5.74) is 1.13. The van der Waals surface area contributed by atoms with Crippen molar-refractivity contribution >= 4 is 15.9 Å². The average molecular weight is 268 g/mol. The van der Waals surface area contributed by atoms with Crippen LogP contribution in [-0.2, 0) is 6.54 Å². The van der Waals surface area contributed by atoms with Gasteiger partial charge in [0.25, 0.3) is 0 Å². The van der Waals surface area contributed by atoms with Gasteiger partial charge in [0.2, 0.25) is 0 Å². The smallest absolute Gasteiger partial charge is 0.0868 e. The highest BCUT2D eigenvalue weighted by atomic mass is 79.9. The summed E-state index contributed by atoms with van der Waals surface area (Å²) in [4.78, 5) is 6.22. The quantitative estimate of drug-likeness (QED) is 0.770. The van der Waals surface area contributed by atoms with Gasteiger partial charge >= 0.3 is 0 Å². The highest BCUT2D eigenvalue weighted by Gasteiger charge is 2.04. The van der Waals surface area contributed by atoms with Crippen molar-refractivity contribution in [3.63, 3.8) is 0 Å². The fourth-order valence-corrected chi connectivity index (χ4v) is 1.84. The van der Waals surface area contributed by atoms with Gasteiger partial charge < -0.3 is 0 Å². The average Bonchev–Trinajstić information content (AvgIpc) is 2.18. The van der Waals surface area contributed by atoms with E-state index in [1.54, 1.807) is 6.20 Å². The SMILES string of the molecule is CCCN(CC#N)Cc1cncc(Br)c1. The number of nitriles is 1. The summed E-state index contributed by atoms with van der Waals surface area (Å²) in [6.45, 7) is 4.32. The van der Waals surface area contributed by atoms with Crippen LogP contribution in [0, 0.1) is 11.3 Å². The minimum absolute atomic E-state index is 0.473. The van der Waals surface area contributed by atoms with E-state index in [1.165, 1.54) is 0 Å². The number of pyridine rings is 1. The molecular weight excluding hydrogens is 254 g/mol. The Morgan fingerprint density at radius 3 is 2.93 bits per heavy atom. The number of hydrogen-bond acceptors (Lipinski definition) is 3. The molecule has 4 heteroatoms. The maximum absolute atomic E-state index is 8.68. The van der Waals surface area contributed by atoms with Crippen molar-refractivity contribution in [1.29, 1.82) is 5.26 Å². The van der Waals surface area contributed by atoms with Crippen LogP contribution < -0.4 is 0 Å². The Hall–Kier alpha value is -0.920. The molecule has 0 unspecified atom stereocenters. The lowest BCUT2D eigenvalue weighted by Crippen LogP contribution is -2.24. The Kier molecular flexibility index (Phi) is 5.30. The van der Waals surface area contributed by atoms with Gasteiger partial charge in [-0.15, -0.1) is 0 Å². The number of halogens is 1. The van der Waals surface area contributed by atoms with E-state index in [2.05, 4.69) is 38.8 Å². The second kappa shape index (κ2) is 6.54. The van der Waals surface area contributed by atoms with E-state index >= 15 is 0 Å². The maximum Gasteiger partial charge on any atom is 0.0868 e. The van der Waals surface area contributed by atoms with Gasteiger partial charge in [0, 0.05) is 23.4 Å². The number of hydrogen-bond donors (Lipinski definition) is 0. The summed E-state index contributed by atoms with van der Waals surface area (Å²) < 4.78 is 0.980. The van der Waals surface area contributed by atoms with Crippen molar-refractivity contribution in [2.24, 2.45) is 0 Å². The number of rotatable bonds is 5. The van der Waals surface area contributed by atoms with Gasteiger partial charge in [-0.2, -0.15) is 5.26 Å². The van der Waals surface area contributed by atoms with Gasteiger partial charge in [0.1, 0.15) is 0 Å². The molecule has 0 bridgehead atoms. The summed E-state index contributed by atoms with van der Waals surface area (Å²) in [5, 5.41) is 8.68. The minimum Gasteiger partial charge on any atom is -0.286 e. The molecule has 1 aromatic rings. The van der Waals surface area contributed by atoms with Crippen molar-refractivity contribution < 1.29 is 0 Å². The van der Waals surface area contributed by atoms with Crippen LogP contribution in [0.15, 0.2) is 22.9 Å². The molecule has 0 aliphatic carbocycles.